The third-order valence-corrected chi connectivity index (χ3v) is 4.95. The number of hydrogen-bond donors (Lipinski definition) is 0. The zero-order valence-electron chi connectivity index (χ0n) is 13.6. The van der Waals surface area contributed by atoms with E-state index in [1.165, 1.54) is 33.4 Å². The molecule has 0 fully saturated rings. The van der Waals surface area contributed by atoms with Gasteiger partial charge >= 0.3 is 0 Å². The lowest BCUT2D eigenvalue weighted by Crippen LogP contribution is -2.28. The summed E-state index contributed by atoms with van der Waals surface area (Å²) in [5.74, 6) is 0. The Morgan fingerprint density at radius 2 is 1.73 bits per heavy atom. The number of hydrogen-bond acceptors (Lipinski definition) is 0. The van der Waals surface area contributed by atoms with Crippen LogP contribution in [-0.4, -0.2) is 0 Å². The molecule has 0 heteroatoms. The van der Waals surface area contributed by atoms with Crippen molar-refractivity contribution in [3.8, 4) is 11.1 Å². The molecule has 2 aromatic rings. The molecule has 0 amide bonds. The minimum Gasteiger partial charge on any atom is -0.0988 e. The third kappa shape index (κ3) is 1.70. The van der Waals surface area contributed by atoms with Crippen LogP contribution in [0, 0.1) is 6.92 Å². The van der Waals surface area contributed by atoms with Gasteiger partial charge in [-0.1, -0.05) is 78.9 Å². The first kappa shape index (κ1) is 14.6. The summed E-state index contributed by atoms with van der Waals surface area (Å²) in [6, 6.07) is 15.4. The lowest BCUT2D eigenvalue weighted by molar-refractivity contribution is 0.745. The lowest BCUT2D eigenvalue weighted by Gasteiger charge is -2.34. The van der Waals surface area contributed by atoms with E-state index in [1.807, 2.05) is 6.08 Å². The molecule has 0 nitrogen and oxygen atoms in total. The predicted molar refractivity (Wildman–Crippen MR) is 96.2 cm³/mol. The van der Waals surface area contributed by atoms with Crippen molar-refractivity contribution in [2.75, 3.05) is 0 Å². The van der Waals surface area contributed by atoms with Crippen molar-refractivity contribution in [3.05, 3.63) is 95.6 Å². The number of allylic oxidation sites excluding steroid dienone is 4. The number of fused-ring (bicyclic) bond motifs is 3. The van der Waals surface area contributed by atoms with Gasteiger partial charge in [0.1, 0.15) is 0 Å². The van der Waals surface area contributed by atoms with E-state index in [0.717, 1.165) is 5.57 Å². The highest BCUT2D eigenvalue weighted by Crippen LogP contribution is 2.56. The summed E-state index contributed by atoms with van der Waals surface area (Å²) in [5.41, 5.74) is 8.59. The number of rotatable bonds is 3. The second kappa shape index (κ2) is 5.14. The number of benzene rings is 2. The minimum absolute atomic E-state index is 0.283. The molecule has 0 heterocycles. The maximum Gasteiger partial charge on any atom is 0.0664 e. The Labute approximate surface area is 133 Å². The van der Waals surface area contributed by atoms with E-state index in [2.05, 4.69) is 82.5 Å². The van der Waals surface area contributed by atoms with Crippen LogP contribution in [0.1, 0.15) is 30.5 Å². The van der Waals surface area contributed by atoms with Crippen molar-refractivity contribution in [2.24, 2.45) is 0 Å². The van der Waals surface area contributed by atoms with Gasteiger partial charge < -0.3 is 0 Å². The quantitative estimate of drug-likeness (QED) is 0.481. The molecule has 0 bridgehead atoms. The molecule has 1 unspecified atom stereocenters. The fraction of sp³-hybridized carbons (Fsp3) is 0.182. The summed E-state index contributed by atoms with van der Waals surface area (Å²) >= 11 is 0. The third-order valence-electron chi connectivity index (χ3n) is 4.95. The molecule has 0 N–H and O–H groups in total. The zero-order valence-corrected chi connectivity index (χ0v) is 13.6. The summed E-state index contributed by atoms with van der Waals surface area (Å²) in [6.45, 7) is 14.8. The normalized spacial score (nSPS) is 19.5. The summed E-state index contributed by atoms with van der Waals surface area (Å²) in [6.07, 6.45) is 4.10. The molecular weight excluding hydrogens is 264 g/mol. The minimum atomic E-state index is -0.283. The molecule has 0 spiro atoms. The van der Waals surface area contributed by atoms with Crippen LogP contribution in [0.25, 0.3) is 11.1 Å². The van der Waals surface area contributed by atoms with Crippen molar-refractivity contribution in [3.63, 3.8) is 0 Å². The molecule has 0 saturated heterocycles. The SMILES string of the molecule is C=CC(=C)C1(C(C)=CC)c2ccccc2-c2ccc(C)cc21. The van der Waals surface area contributed by atoms with E-state index in [-0.39, 0.29) is 5.41 Å². The highest BCUT2D eigenvalue weighted by atomic mass is 14.5. The maximum atomic E-state index is 4.36. The van der Waals surface area contributed by atoms with Gasteiger partial charge in [-0.15, -0.1) is 0 Å². The molecular formula is C22H22. The predicted octanol–water partition coefficient (Wildman–Crippen LogP) is 5.97. The Morgan fingerprint density at radius 3 is 2.41 bits per heavy atom. The zero-order chi connectivity index (χ0) is 15.9. The number of aryl methyl sites for hydroxylation is 1. The second-order valence-electron chi connectivity index (χ2n) is 6.05. The van der Waals surface area contributed by atoms with Crippen molar-refractivity contribution in [1.29, 1.82) is 0 Å². The fourth-order valence-corrected chi connectivity index (χ4v) is 3.79. The van der Waals surface area contributed by atoms with Crippen LogP contribution >= 0.6 is 0 Å². The van der Waals surface area contributed by atoms with Crippen molar-refractivity contribution in [1.82, 2.24) is 0 Å². The van der Waals surface area contributed by atoms with E-state index < -0.39 is 0 Å². The smallest absolute Gasteiger partial charge is 0.0664 e. The highest BCUT2D eigenvalue weighted by molar-refractivity contribution is 5.86. The Morgan fingerprint density at radius 1 is 1.05 bits per heavy atom. The second-order valence-corrected chi connectivity index (χ2v) is 6.05. The maximum absolute atomic E-state index is 4.36. The van der Waals surface area contributed by atoms with Crippen LogP contribution in [0.15, 0.2) is 78.9 Å². The van der Waals surface area contributed by atoms with Crippen LogP contribution in [0.2, 0.25) is 0 Å². The summed E-state index contributed by atoms with van der Waals surface area (Å²) in [4.78, 5) is 0. The van der Waals surface area contributed by atoms with Crippen molar-refractivity contribution < 1.29 is 0 Å². The Kier molecular flexibility index (Phi) is 3.41. The van der Waals surface area contributed by atoms with Crippen LogP contribution in [0.5, 0.6) is 0 Å². The van der Waals surface area contributed by atoms with Gasteiger partial charge in [0.15, 0.2) is 0 Å². The van der Waals surface area contributed by atoms with Gasteiger partial charge in [-0.3, -0.25) is 0 Å². The summed E-state index contributed by atoms with van der Waals surface area (Å²) in [7, 11) is 0. The van der Waals surface area contributed by atoms with Gasteiger partial charge in [0.05, 0.1) is 5.41 Å². The fourth-order valence-electron chi connectivity index (χ4n) is 3.79. The van der Waals surface area contributed by atoms with E-state index in [0.29, 0.717) is 0 Å². The average molecular weight is 286 g/mol. The van der Waals surface area contributed by atoms with Gasteiger partial charge in [0, 0.05) is 0 Å². The molecule has 22 heavy (non-hydrogen) atoms. The van der Waals surface area contributed by atoms with Gasteiger partial charge in [0.2, 0.25) is 0 Å². The Hall–Kier alpha value is -2.34. The molecule has 110 valence electrons. The Bertz CT molecular complexity index is 801. The largest absolute Gasteiger partial charge is 0.0988 e. The van der Waals surface area contributed by atoms with Crippen molar-refractivity contribution >= 4 is 0 Å². The lowest BCUT2D eigenvalue weighted by atomic mass is 9.67. The van der Waals surface area contributed by atoms with E-state index in [4.69, 9.17) is 0 Å². The molecule has 0 aliphatic heterocycles. The van der Waals surface area contributed by atoms with Gasteiger partial charge in [0.25, 0.3) is 0 Å². The Balaban J connectivity index is 2.51. The monoisotopic (exact) mass is 286 g/mol. The molecule has 1 aliphatic rings. The summed E-state index contributed by atoms with van der Waals surface area (Å²) < 4.78 is 0. The molecule has 1 atom stereocenters. The topological polar surface area (TPSA) is 0 Å². The van der Waals surface area contributed by atoms with Crippen LogP contribution in [0.4, 0.5) is 0 Å². The first-order chi connectivity index (χ1) is 10.6. The molecule has 2 aromatic carbocycles. The van der Waals surface area contributed by atoms with E-state index in [9.17, 15) is 0 Å². The molecule has 0 saturated carbocycles. The highest BCUT2D eigenvalue weighted by Gasteiger charge is 2.45. The molecule has 0 aromatic heterocycles. The first-order valence-electron chi connectivity index (χ1n) is 7.73. The van der Waals surface area contributed by atoms with Gasteiger partial charge in [-0.05, 0) is 48.6 Å². The average Bonchev–Trinajstić information content (AvgIpc) is 2.84. The van der Waals surface area contributed by atoms with Crippen LogP contribution < -0.4 is 0 Å². The van der Waals surface area contributed by atoms with Crippen LogP contribution in [0.3, 0.4) is 0 Å². The van der Waals surface area contributed by atoms with E-state index in [1.54, 1.807) is 0 Å². The molecule has 0 radical (unpaired) electrons. The molecule has 3 rings (SSSR count). The standard InChI is InChI=1S/C22H22/c1-6-16(4)22(17(5)7-2)20-11-9-8-10-18(20)19-13-12-15(3)14-21(19)22/h6-14H,1,4H2,2-3,5H3. The first-order valence-corrected chi connectivity index (χ1v) is 7.73. The van der Waals surface area contributed by atoms with Gasteiger partial charge in [-0.25, -0.2) is 0 Å². The van der Waals surface area contributed by atoms with E-state index >= 15 is 0 Å². The summed E-state index contributed by atoms with van der Waals surface area (Å²) in [5, 5.41) is 0. The van der Waals surface area contributed by atoms with Crippen LogP contribution in [-0.2, 0) is 5.41 Å². The van der Waals surface area contributed by atoms with Gasteiger partial charge in [-0.2, -0.15) is 0 Å². The van der Waals surface area contributed by atoms with Crippen molar-refractivity contribution in [2.45, 2.75) is 26.2 Å². The molecule has 1 aliphatic carbocycles.